The van der Waals surface area contributed by atoms with Crippen LogP contribution in [0.3, 0.4) is 0 Å². The molecule has 1 unspecified atom stereocenters. The molecule has 2 aromatic heterocycles. The molecular weight excluding hydrogens is 337 g/mol. The summed E-state index contributed by atoms with van der Waals surface area (Å²) in [5.74, 6) is -1.26. The highest BCUT2D eigenvalue weighted by atomic mass is 19.1. The van der Waals surface area contributed by atoms with Crippen molar-refractivity contribution < 1.29 is 14.3 Å². The first-order valence-electron chi connectivity index (χ1n) is 8.31. The second-order valence-electron chi connectivity index (χ2n) is 6.42. The van der Waals surface area contributed by atoms with E-state index in [4.69, 9.17) is 0 Å². The molecule has 4 rings (SSSR count). The number of halogens is 1. The number of rotatable bonds is 4. The number of aromatic nitrogens is 2. The number of nitrogens with zero attached hydrogens (tertiary/aromatic N) is 1. The van der Waals surface area contributed by atoms with Crippen LogP contribution in [0.15, 0.2) is 47.4 Å². The van der Waals surface area contributed by atoms with Crippen molar-refractivity contribution in [1.82, 2.24) is 15.3 Å². The molecule has 1 amide bonds. The lowest BCUT2D eigenvalue weighted by atomic mass is 10.0. The molecule has 7 heteroatoms. The van der Waals surface area contributed by atoms with E-state index in [1.807, 2.05) is 0 Å². The predicted octanol–water partition coefficient (Wildman–Crippen LogP) is 2.65. The van der Waals surface area contributed by atoms with E-state index in [2.05, 4.69) is 15.3 Å². The molecule has 3 aromatic rings. The van der Waals surface area contributed by atoms with Gasteiger partial charge in [-0.2, -0.15) is 0 Å². The van der Waals surface area contributed by atoms with Crippen molar-refractivity contribution in [1.29, 1.82) is 0 Å². The number of aromatic amines is 1. The number of pyridine rings is 2. The number of nitrogens with one attached hydrogen (secondary N) is 2. The standard InChI is InChI=1S/C19H16FN3O3/c20-12-7-5-11(6-8-12)15(10-3-4-10)23-19(26)14-17(24)16-13(22-18(14)25)2-1-9-21-16/h1-2,5-10,15H,3-4H2,(H,23,26)(H2,22,24,25). The minimum absolute atomic E-state index is 0.155. The third-order valence-corrected chi connectivity index (χ3v) is 4.58. The Labute approximate surface area is 147 Å². The Morgan fingerprint density at radius 2 is 2.00 bits per heavy atom. The lowest BCUT2D eigenvalue weighted by molar-refractivity contribution is 0.0927. The van der Waals surface area contributed by atoms with Crippen molar-refractivity contribution in [2.24, 2.45) is 5.92 Å². The maximum absolute atomic E-state index is 13.2. The van der Waals surface area contributed by atoms with Gasteiger partial charge in [-0.15, -0.1) is 0 Å². The fraction of sp³-hybridized carbons (Fsp3) is 0.211. The van der Waals surface area contributed by atoms with Crippen molar-refractivity contribution >= 4 is 16.9 Å². The van der Waals surface area contributed by atoms with Gasteiger partial charge in [-0.1, -0.05) is 12.1 Å². The van der Waals surface area contributed by atoms with Gasteiger partial charge in [-0.3, -0.25) is 14.6 Å². The fourth-order valence-corrected chi connectivity index (χ4v) is 3.10. The molecule has 0 saturated heterocycles. The van der Waals surface area contributed by atoms with E-state index in [1.54, 1.807) is 24.3 Å². The van der Waals surface area contributed by atoms with Gasteiger partial charge in [0.15, 0.2) is 5.75 Å². The summed E-state index contributed by atoms with van der Waals surface area (Å²) in [5, 5.41) is 13.2. The molecule has 1 atom stereocenters. The van der Waals surface area contributed by atoms with Gasteiger partial charge in [0.2, 0.25) is 0 Å². The van der Waals surface area contributed by atoms with Crippen LogP contribution in [0.5, 0.6) is 5.75 Å². The van der Waals surface area contributed by atoms with Crippen LogP contribution >= 0.6 is 0 Å². The topological polar surface area (TPSA) is 95.1 Å². The molecule has 1 aromatic carbocycles. The summed E-state index contributed by atoms with van der Waals surface area (Å²) >= 11 is 0. The van der Waals surface area contributed by atoms with Gasteiger partial charge in [-0.25, -0.2) is 4.39 Å². The Morgan fingerprint density at radius 1 is 1.27 bits per heavy atom. The molecule has 1 fully saturated rings. The van der Waals surface area contributed by atoms with E-state index in [9.17, 15) is 19.1 Å². The van der Waals surface area contributed by atoms with Gasteiger partial charge in [0.1, 0.15) is 16.9 Å². The molecule has 132 valence electrons. The number of aromatic hydroxyl groups is 1. The van der Waals surface area contributed by atoms with Crippen LogP contribution in [0.2, 0.25) is 0 Å². The number of fused-ring (bicyclic) bond motifs is 1. The summed E-state index contributed by atoms with van der Waals surface area (Å²) in [4.78, 5) is 31.6. The van der Waals surface area contributed by atoms with Crippen LogP contribution in [0.25, 0.3) is 11.0 Å². The van der Waals surface area contributed by atoms with Crippen molar-refractivity contribution in [3.05, 3.63) is 69.9 Å². The van der Waals surface area contributed by atoms with Crippen LogP contribution in [0, 0.1) is 11.7 Å². The predicted molar refractivity (Wildman–Crippen MR) is 93.4 cm³/mol. The zero-order valence-corrected chi connectivity index (χ0v) is 13.7. The summed E-state index contributed by atoms with van der Waals surface area (Å²) in [5.41, 5.74) is 0.209. The first-order valence-corrected chi connectivity index (χ1v) is 8.31. The summed E-state index contributed by atoms with van der Waals surface area (Å²) in [7, 11) is 0. The lowest BCUT2D eigenvalue weighted by Crippen LogP contribution is -2.34. The van der Waals surface area contributed by atoms with Gasteiger partial charge in [0.25, 0.3) is 11.5 Å². The smallest absolute Gasteiger partial charge is 0.265 e. The maximum atomic E-state index is 13.2. The molecule has 3 N–H and O–H groups in total. The van der Waals surface area contributed by atoms with Crippen LogP contribution in [0.4, 0.5) is 4.39 Å². The molecule has 1 aliphatic rings. The van der Waals surface area contributed by atoms with E-state index < -0.39 is 17.2 Å². The van der Waals surface area contributed by atoms with Gasteiger partial charge < -0.3 is 15.4 Å². The minimum Gasteiger partial charge on any atom is -0.505 e. The van der Waals surface area contributed by atoms with Crippen LogP contribution in [-0.4, -0.2) is 21.0 Å². The van der Waals surface area contributed by atoms with Gasteiger partial charge in [-0.05, 0) is 48.6 Å². The number of carbonyl (C=O) groups is 1. The largest absolute Gasteiger partial charge is 0.505 e. The third kappa shape index (κ3) is 2.92. The highest BCUT2D eigenvalue weighted by Gasteiger charge is 2.34. The average molecular weight is 353 g/mol. The fourth-order valence-electron chi connectivity index (χ4n) is 3.10. The Kier molecular flexibility index (Phi) is 3.91. The molecule has 0 bridgehead atoms. The van der Waals surface area contributed by atoms with Crippen LogP contribution < -0.4 is 10.9 Å². The first kappa shape index (κ1) is 16.3. The molecular formula is C19H16FN3O3. The zero-order valence-electron chi connectivity index (χ0n) is 13.7. The molecule has 26 heavy (non-hydrogen) atoms. The normalized spacial score (nSPS) is 15.0. The number of benzene rings is 1. The molecule has 6 nitrogen and oxygen atoms in total. The monoisotopic (exact) mass is 353 g/mol. The van der Waals surface area contributed by atoms with Gasteiger partial charge in [0, 0.05) is 6.20 Å². The summed E-state index contributed by atoms with van der Waals surface area (Å²) in [6.45, 7) is 0. The molecule has 2 heterocycles. The molecule has 0 spiro atoms. The highest BCUT2D eigenvalue weighted by Crippen LogP contribution is 2.41. The number of amides is 1. The Balaban J connectivity index is 1.70. The zero-order chi connectivity index (χ0) is 18.3. The summed E-state index contributed by atoms with van der Waals surface area (Å²) in [6.07, 6.45) is 3.33. The van der Waals surface area contributed by atoms with E-state index in [0.717, 1.165) is 18.4 Å². The first-order chi connectivity index (χ1) is 12.5. The number of hydrogen-bond acceptors (Lipinski definition) is 4. The number of carbonyl (C=O) groups excluding carboxylic acids is 1. The Hall–Kier alpha value is -3.22. The summed E-state index contributed by atoms with van der Waals surface area (Å²) in [6, 6.07) is 8.77. The van der Waals surface area contributed by atoms with Crippen molar-refractivity contribution in [3.63, 3.8) is 0 Å². The Morgan fingerprint density at radius 3 is 2.69 bits per heavy atom. The highest BCUT2D eigenvalue weighted by molar-refractivity contribution is 6.01. The third-order valence-electron chi connectivity index (χ3n) is 4.58. The van der Waals surface area contributed by atoms with Crippen molar-refractivity contribution in [2.45, 2.75) is 18.9 Å². The quantitative estimate of drug-likeness (QED) is 0.672. The van der Waals surface area contributed by atoms with E-state index in [-0.39, 0.29) is 28.9 Å². The van der Waals surface area contributed by atoms with E-state index in [1.165, 1.54) is 18.3 Å². The second kappa shape index (κ2) is 6.25. The van der Waals surface area contributed by atoms with E-state index in [0.29, 0.717) is 5.52 Å². The van der Waals surface area contributed by atoms with Crippen LogP contribution in [0.1, 0.15) is 34.8 Å². The SMILES string of the molecule is O=C(NC(c1ccc(F)cc1)C1CC1)c1c(O)c2ncccc2[nH]c1=O. The molecule has 0 radical (unpaired) electrons. The Bertz CT molecular complexity index is 1040. The van der Waals surface area contributed by atoms with Crippen molar-refractivity contribution in [2.75, 3.05) is 0 Å². The molecule has 1 saturated carbocycles. The van der Waals surface area contributed by atoms with Crippen LogP contribution in [-0.2, 0) is 0 Å². The van der Waals surface area contributed by atoms with E-state index >= 15 is 0 Å². The minimum atomic E-state index is -0.686. The van der Waals surface area contributed by atoms with Gasteiger partial charge in [0.05, 0.1) is 11.6 Å². The average Bonchev–Trinajstić information content (AvgIpc) is 3.45. The van der Waals surface area contributed by atoms with Gasteiger partial charge >= 0.3 is 0 Å². The second-order valence-corrected chi connectivity index (χ2v) is 6.42. The lowest BCUT2D eigenvalue weighted by Gasteiger charge is -2.19. The van der Waals surface area contributed by atoms with Crippen molar-refractivity contribution in [3.8, 4) is 5.75 Å². The number of H-pyrrole nitrogens is 1. The maximum Gasteiger partial charge on any atom is 0.265 e. The summed E-state index contributed by atoms with van der Waals surface area (Å²) < 4.78 is 13.2. The molecule has 1 aliphatic carbocycles. The number of hydrogen-bond donors (Lipinski definition) is 3. The molecule has 0 aliphatic heterocycles.